The number of hydrogen-bond donors (Lipinski definition) is 2. The first-order chi connectivity index (χ1) is 20.4. The molecule has 4 rings (SSSR count). The Morgan fingerprint density at radius 2 is 1.60 bits per heavy atom. The van der Waals surface area contributed by atoms with Crippen LogP contribution in [0.5, 0.6) is 0 Å². The van der Waals surface area contributed by atoms with E-state index < -0.39 is 17.5 Å². The predicted octanol–water partition coefficient (Wildman–Crippen LogP) is 6.05. The molecular weight excluding hydrogens is 546 g/mol. The second-order valence-corrected chi connectivity index (χ2v) is 11.8. The lowest BCUT2D eigenvalue weighted by Gasteiger charge is -2.33. The molecule has 0 aliphatic carbocycles. The van der Waals surface area contributed by atoms with Gasteiger partial charge in [0, 0.05) is 31.3 Å². The van der Waals surface area contributed by atoms with Gasteiger partial charge in [-0.2, -0.15) is 0 Å². The average Bonchev–Trinajstić information content (AvgIpc) is 2.98. The Kier molecular flexibility index (Phi) is 9.85. The smallest absolute Gasteiger partial charge is 0.410 e. The van der Waals surface area contributed by atoms with E-state index in [0.717, 1.165) is 34.8 Å². The molecule has 0 saturated carbocycles. The topological polar surface area (TPSA) is 114 Å². The maximum atomic E-state index is 13.0. The molecule has 1 saturated heterocycles. The van der Waals surface area contributed by atoms with Crippen molar-refractivity contribution in [1.82, 2.24) is 10.2 Å². The number of piperidine rings is 1. The van der Waals surface area contributed by atoms with Crippen molar-refractivity contribution in [3.05, 3.63) is 83.4 Å². The summed E-state index contributed by atoms with van der Waals surface area (Å²) in [5, 5.41) is 7.87. The minimum absolute atomic E-state index is 0.138. The maximum Gasteiger partial charge on any atom is 0.410 e. The zero-order valence-corrected chi connectivity index (χ0v) is 25.4. The lowest BCUT2D eigenvalue weighted by atomic mass is 9.97. The number of anilines is 1. The van der Waals surface area contributed by atoms with Gasteiger partial charge >= 0.3 is 12.1 Å². The summed E-state index contributed by atoms with van der Waals surface area (Å²) in [5.74, 6) is -1.19. The summed E-state index contributed by atoms with van der Waals surface area (Å²) in [7, 11) is 1.26. The molecule has 1 aliphatic rings. The summed E-state index contributed by atoms with van der Waals surface area (Å²) in [6.45, 7) is 8.92. The predicted molar refractivity (Wildman–Crippen MR) is 167 cm³/mol. The van der Waals surface area contributed by atoms with Gasteiger partial charge in [0.15, 0.2) is 0 Å². The van der Waals surface area contributed by atoms with E-state index in [1.807, 2.05) is 70.2 Å². The molecule has 43 heavy (non-hydrogen) atoms. The van der Waals surface area contributed by atoms with Crippen molar-refractivity contribution in [3.8, 4) is 0 Å². The highest BCUT2D eigenvalue weighted by Gasteiger charge is 2.27. The van der Waals surface area contributed by atoms with E-state index in [9.17, 15) is 19.2 Å². The number of fused-ring (bicyclic) bond motifs is 1. The van der Waals surface area contributed by atoms with Gasteiger partial charge in [-0.25, -0.2) is 9.59 Å². The molecule has 1 aliphatic heterocycles. The SMILES string of the molecule is COC(=O)c1ccc(C(=O)NCC2CCN(C(=O)OC(C)(C)C)CC2)cc1NC(=O)/C=C(/C)c1ccc2ccccc2c1. The standard InChI is InChI=1S/C34H39N3O6/c1-22(25-11-10-24-8-6-7-9-26(24)19-25)18-30(38)36-29-20-27(12-13-28(29)32(40)42-5)31(39)35-21-23-14-16-37(17-15-23)33(41)43-34(2,3)4/h6-13,18-20,23H,14-17,21H2,1-5H3,(H,35,39)(H,36,38)/b22-18-. The fourth-order valence-electron chi connectivity index (χ4n) is 4.95. The monoisotopic (exact) mass is 585 g/mol. The number of methoxy groups -OCH3 is 1. The molecule has 3 aromatic rings. The molecule has 0 spiro atoms. The van der Waals surface area contributed by atoms with Crippen LogP contribution in [-0.2, 0) is 14.3 Å². The quantitative estimate of drug-likeness (QED) is 0.258. The number of benzene rings is 3. The van der Waals surface area contributed by atoms with E-state index in [-0.39, 0.29) is 29.2 Å². The number of rotatable bonds is 7. The van der Waals surface area contributed by atoms with Crippen molar-refractivity contribution in [2.75, 3.05) is 32.1 Å². The maximum absolute atomic E-state index is 13.0. The number of carbonyl (C=O) groups excluding carboxylic acids is 4. The van der Waals surface area contributed by atoms with E-state index in [1.165, 1.54) is 31.4 Å². The number of ether oxygens (including phenoxy) is 2. The summed E-state index contributed by atoms with van der Waals surface area (Å²) in [6, 6.07) is 18.4. The highest BCUT2D eigenvalue weighted by Crippen LogP contribution is 2.24. The number of amides is 3. The molecule has 0 aromatic heterocycles. The van der Waals surface area contributed by atoms with Crippen LogP contribution < -0.4 is 10.6 Å². The van der Waals surface area contributed by atoms with Gasteiger partial charge in [0.25, 0.3) is 5.91 Å². The summed E-state index contributed by atoms with van der Waals surface area (Å²) < 4.78 is 10.3. The summed E-state index contributed by atoms with van der Waals surface area (Å²) in [4.78, 5) is 52.5. The first kappa shape index (κ1) is 31.3. The molecule has 0 bridgehead atoms. The minimum Gasteiger partial charge on any atom is -0.465 e. The van der Waals surface area contributed by atoms with Crippen molar-refractivity contribution in [2.45, 2.75) is 46.1 Å². The average molecular weight is 586 g/mol. The second kappa shape index (κ2) is 13.5. The van der Waals surface area contributed by atoms with Crippen LogP contribution in [0, 0.1) is 5.92 Å². The van der Waals surface area contributed by atoms with Crippen LogP contribution in [0.2, 0.25) is 0 Å². The Bertz CT molecular complexity index is 1550. The van der Waals surface area contributed by atoms with Crippen LogP contribution in [0.4, 0.5) is 10.5 Å². The number of esters is 1. The van der Waals surface area contributed by atoms with Crippen LogP contribution in [0.15, 0.2) is 66.7 Å². The summed E-state index contributed by atoms with van der Waals surface area (Å²) in [5.41, 5.74) is 1.71. The third kappa shape index (κ3) is 8.44. The Morgan fingerprint density at radius 3 is 2.28 bits per heavy atom. The fraction of sp³-hybridized carbons (Fsp3) is 0.353. The lowest BCUT2D eigenvalue weighted by molar-refractivity contribution is -0.111. The van der Waals surface area contributed by atoms with Gasteiger partial charge in [-0.1, -0.05) is 36.4 Å². The number of hydrogen-bond acceptors (Lipinski definition) is 6. The van der Waals surface area contributed by atoms with Crippen molar-refractivity contribution in [1.29, 1.82) is 0 Å². The first-order valence-corrected chi connectivity index (χ1v) is 14.4. The normalized spacial score (nSPS) is 14.3. The molecule has 226 valence electrons. The van der Waals surface area contributed by atoms with E-state index in [0.29, 0.717) is 25.2 Å². The van der Waals surface area contributed by atoms with Crippen molar-refractivity contribution in [3.63, 3.8) is 0 Å². The van der Waals surface area contributed by atoms with Crippen LogP contribution in [0.25, 0.3) is 16.3 Å². The van der Waals surface area contributed by atoms with Crippen molar-refractivity contribution < 1.29 is 28.7 Å². The Balaban J connectivity index is 1.40. The van der Waals surface area contributed by atoms with Gasteiger partial charge < -0.3 is 25.0 Å². The summed E-state index contributed by atoms with van der Waals surface area (Å²) >= 11 is 0. The molecule has 9 nitrogen and oxygen atoms in total. The molecule has 0 radical (unpaired) electrons. The second-order valence-electron chi connectivity index (χ2n) is 11.8. The number of nitrogens with one attached hydrogen (secondary N) is 2. The van der Waals surface area contributed by atoms with Gasteiger partial charge in [0.2, 0.25) is 5.91 Å². The van der Waals surface area contributed by atoms with Crippen molar-refractivity contribution >= 4 is 45.9 Å². The molecule has 1 heterocycles. The number of nitrogens with zero attached hydrogens (tertiary/aromatic N) is 1. The van der Waals surface area contributed by atoms with Crippen LogP contribution in [0.3, 0.4) is 0 Å². The van der Waals surface area contributed by atoms with E-state index >= 15 is 0 Å². The Hall–Kier alpha value is -4.66. The zero-order chi connectivity index (χ0) is 31.1. The molecule has 1 fully saturated rings. The summed E-state index contributed by atoms with van der Waals surface area (Å²) in [6.07, 6.45) is 2.62. The van der Waals surface area contributed by atoms with Crippen LogP contribution in [0.1, 0.15) is 66.8 Å². The molecule has 9 heteroatoms. The Labute approximate surface area is 252 Å². The highest BCUT2D eigenvalue weighted by molar-refractivity contribution is 6.09. The van der Waals surface area contributed by atoms with E-state index in [4.69, 9.17) is 9.47 Å². The molecule has 0 unspecified atom stereocenters. The number of allylic oxidation sites excluding steroid dienone is 1. The minimum atomic E-state index is -0.630. The van der Waals surface area contributed by atoms with Crippen LogP contribution in [-0.4, -0.2) is 61.1 Å². The highest BCUT2D eigenvalue weighted by atomic mass is 16.6. The fourth-order valence-corrected chi connectivity index (χ4v) is 4.95. The third-order valence-electron chi connectivity index (χ3n) is 7.31. The van der Waals surface area contributed by atoms with Gasteiger partial charge in [0.05, 0.1) is 18.4 Å². The molecular formula is C34H39N3O6. The van der Waals surface area contributed by atoms with E-state index in [1.54, 1.807) is 4.90 Å². The lowest BCUT2D eigenvalue weighted by Crippen LogP contribution is -2.43. The molecule has 3 aromatic carbocycles. The molecule has 2 N–H and O–H groups in total. The largest absolute Gasteiger partial charge is 0.465 e. The van der Waals surface area contributed by atoms with Gasteiger partial charge in [-0.3, -0.25) is 9.59 Å². The number of carbonyl (C=O) groups is 4. The molecule has 0 atom stereocenters. The van der Waals surface area contributed by atoms with Gasteiger partial charge in [0.1, 0.15) is 5.60 Å². The first-order valence-electron chi connectivity index (χ1n) is 14.4. The van der Waals surface area contributed by atoms with Crippen molar-refractivity contribution in [2.24, 2.45) is 5.92 Å². The van der Waals surface area contributed by atoms with Crippen LogP contribution >= 0.6 is 0 Å². The third-order valence-corrected chi connectivity index (χ3v) is 7.31. The number of likely N-dealkylation sites (tertiary alicyclic amines) is 1. The van der Waals surface area contributed by atoms with Gasteiger partial charge in [-0.05, 0) is 92.6 Å². The Morgan fingerprint density at radius 1 is 0.930 bits per heavy atom. The molecule has 3 amide bonds. The van der Waals surface area contributed by atoms with Gasteiger partial charge in [-0.15, -0.1) is 0 Å². The zero-order valence-electron chi connectivity index (χ0n) is 25.4. The van der Waals surface area contributed by atoms with E-state index in [2.05, 4.69) is 10.6 Å².